The van der Waals surface area contributed by atoms with Gasteiger partial charge < -0.3 is 15.4 Å². The number of nitrogens with zero attached hydrogens (tertiary/aromatic N) is 3. The molecule has 1 saturated carbocycles. The first-order valence-electron chi connectivity index (χ1n) is 13.1. The van der Waals surface area contributed by atoms with E-state index in [1.165, 1.54) is 11.8 Å². The van der Waals surface area contributed by atoms with E-state index in [-0.39, 0.29) is 34.5 Å². The maximum Gasteiger partial charge on any atom is 0.273 e. The van der Waals surface area contributed by atoms with Crippen LogP contribution < -0.4 is 20.1 Å². The number of hydrogen-bond acceptors (Lipinski definition) is 7. The van der Waals surface area contributed by atoms with Crippen molar-refractivity contribution < 1.29 is 22.7 Å². The quantitative estimate of drug-likeness (QED) is 0.370. The highest BCUT2D eigenvalue weighted by Crippen LogP contribution is 2.39. The minimum absolute atomic E-state index is 0.160. The van der Waals surface area contributed by atoms with Crippen molar-refractivity contribution in [1.29, 1.82) is 0 Å². The highest BCUT2D eigenvalue weighted by Gasteiger charge is 2.23. The SMILES string of the molecule is COc1c(NC(=O)c2ccc(C)c(-n3cc(C(=O)NC4CCCC4)nn3)c2)cc(C(C)(C)C)cc1NS(C)(=O)=O. The van der Waals surface area contributed by atoms with Gasteiger partial charge in [0.05, 0.1) is 36.6 Å². The van der Waals surface area contributed by atoms with Gasteiger partial charge in [-0.25, -0.2) is 13.1 Å². The summed E-state index contributed by atoms with van der Waals surface area (Å²) in [5.41, 5.74) is 2.95. The lowest BCUT2D eigenvalue weighted by molar-refractivity contribution is 0.0932. The zero-order chi connectivity index (χ0) is 29.2. The summed E-state index contributed by atoms with van der Waals surface area (Å²) < 4.78 is 33.5. The van der Waals surface area contributed by atoms with Crippen molar-refractivity contribution >= 4 is 33.2 Å². The predicted molar refractivity (Wildman–Crippen MR) is 154 cm³/mol. The van der Waals surface area contributed by atoms with Gasteiger partial charge in [-0.3, -0.25) is 14.3 Å². The molecule has 1 aliphatic rings. The largest absolute Gasteiger partial charge is 0.492 e. The van der Waals surface area contributed by atoms with Crippen LogP contribution in [-0.4, -0.2) is 54.6 Å². The first-order valence-corrected chi connectivity index (χ1v) is 15.0. The van der Waals surface area contributed by atoms with Gasteiger partial charge in [-0.2, -0.15) is 0 Å². The van der Waals surface area contributed by atoms with Gasteiger partial charge in [-0.15, -0.1) is 5.10 Å². The number of anilines is 2. The van der Waals surface area contributed by atoms with Crippen LogP contribution in [0.25, 0.3) is 5.69 Å². The van der Waals surface area contributed by atoms with Gasteiger partial charge >= 0.3 is 0 Å². The van der Waals surface area contributed by atoms with Gasteiger partial charge in [0.2, 0.25) is 10.0 Å². The lowest BCUT2D eigenvalue weighted by Crippen LogP contribution is -2.32. The Kier molecular flexibility index (Phi) is 8.20. The number of aryl methyl sites for hydroxylation is 1. The number of amides is 2. The van der Waals surface area contributed by atoms with Crippen molar-refractivity contribution in [2.24, 2.45) is 0 Å². The Bertz CT molecular complexity index is 1530. The molecule has 1 aliphatic carbocycles. The van der Waals surface area contributed by atoms with E-state index in [0.717, 1.165) is 43.1 Å². The fourth-order valence-electron chi connectivity index (χ4n) is 4.66. The van der Waals surface area contributed by atoms with Crippen molar-refractivity contribution in [3.05, 3.63) is 58.9 Å². The summed E-state index contributed by atoms with van der Waals surface area (Å²) in [6.45, 7) is 7.82. The maximum atomic E-state index is 13.4. The molecule has 3 aromatic rings. The summed E-state index contributed by atoms with van der Waals surface area (Å²) in [4.78, 5) is 26.1. The molecular weight excluding hydrogens is 532 g/mol. The van der Waals surface area contributed by atoms with Crippen LogP contribution in [-0.2, 0) is 15.4 Å². The molecule has 2 amide bonds. The van der Waals surface area contributed by atoms with Gasteiger partial charge in [-0.05, 0) is 60.6 Å². The van der Waals surface area contributed by atoms with Gasteiger partial charge in [0, 0.05) is 11.6 Å². The van der Waals surface area contributed by atoms with E-state index in [1.807, 2.05) is 27.7 Å². The number of hydrogen-bond donors (Lipinski definition) is 3. The van der Waals surface area contributed by atoms with Gasteiger partial charge in [0.15, 0.2) is 11.4 Å². The van der Waals surface area contributed by atoms with E-state index in [9.17, 15) is 18.0 Å². The van der Waals surface area contributed by atoms with Crippen molar-refractivity contribution in [3.63, 3.8) is 0 Å². The molecule has 2 aromatic carbocycles. The Morgan fingerprint density at radius 3 is 2.35 bits per heavy atom. The lowest BCUT2D eigenvalue weighted by atomic mass is 9.86. The summed E-state index contributed by atoms with van der Waals surface area (Å²) in [7, 11) is -2.20. The van der Waals surface area contributed by atoms with E-state index < -0.39 is 15.9 Å². The second-order valence-corrected chi connectivity index (χ2v) is 12.9. The Hall–Kier alpha value is -3.93. The third-order valence-electron chi connectivity index (χ3n) is 6.84. The summed E-state index contributed by atoms with van der Waals surface area (Å²) >= 11 is 0. The van der Waals surface area contributed by atoms with Gasteiger partial charge in [0.1, 0.15) is 0 Å². The average molecular weight is 569 g/mol. The number of rotatable bonds is 8. The number of ether oxygens (including phenoxy) is 1. The fourth-order valence-corrected chi connectivity index (χ4v) is 5.21. The molecule has 40 heavy (non-hydrogen) atoms. The first kappa shape index (κ1) is 29.1. The number of carbonyl (C=O) groups excluding carboxylic acids is 2. The van der Waals surface area contributed by atoms with E-state index in [0.29, 0.717) is 16.9 Å². The maximum absolute atomic E-state index is 13.4. The summed E-state index contributed by atoms with van der Waals surface area (Å²) in [5.74, 6) is -0.516. The molecule has 1 fully saturated rings. The van der Waals surface area contributed by atoms with Crippen molar-refractivity contribution in [1.82, 2.24) is 20.3 Å². The second kappa shape index (κ2) is 11.3. The lowest BCUT2D eigenvalue weighted by Gasteiger charge is -2.24. The van der Waals surface area contributed by atoms with Crippen molar-refractivity contribution in [2.45, 2.75) is 64.8 Å². The van der Waals surface area contributed by atoms with Crippen LogP contribution in [0.1, 0.15) is 78.4 Å². The molecule has 4 rings (SSSR count). The van der Waals surface area contributed by atoms with Crippen LogP contribution >= 0.6 is 0 Å². The van der Waals surface area contributed by atoms with Crippen molar-refractivity contribution in [2.75, 3.05) is 23.4 Å². The molecule has 0 radical (unpaired) electrons. The number of aromatic nitrogens is 3. The zero-order valence-electron chi connectivity index (χ0n) is 23.7. The highest BCUT2D eigenvalue weighted by molar-refractivity contribution is 7.92. The third-order valence-corrected chi connectivity index (χ3v) is 7.43. The van der Waals surface area contributed by atoms with Gasteiger partial charge in [-0.1, -0.05) is 44.9 Å². The normalized spacial score (nSPS) is 14.2. The topological polar surface area (TPSA) is 144 Å². The van der Waals surface area contributed by atoms with Crippen molar-refractivity contribution in [3.8, 4) is 11.4 Å². The third kappa shape index (κ3) is 6.79. The average Bonchev–Trinajstić information content (AvgIpc) is 3.55. The van der Waals surface area contributed by atoms with Gasteiger partial charge in [0.25, 0.3) is 11.8 Å². The smallest absolute Gasteiger partial charge is 0.273 e. The zero-order valence-corrected chi connectivity index (χ0v) is 24.5. The number of nitrogens with one attached hydrogen (secondary N) is 3. The molecule has 1 heterocycles. The molecule has 12 heteroatoms. The summed E-state index contributed by atoms with van der Waals surface area (Å²) in [6.07, 6.45) is 6.74. The Morgan fingerprint density at radius 1 is 1.05 bits per heavy atom. The minimum Gasteiger partial charge on any atom is -0.492 e. The first-order chi connectivity index (χ1) is 18.7. The fraction of sp³-hybridized carbons (Fsp3) is 0.429. The van der Waals surface area contributed by atoms with Crippen LogP contribution in [0.4, 0.5) is 11.4 Å². The van der Waals surface area contributed by atoms with Crippen LogP contribution in [0, 0.1) is 6.92 Å². The van der Waals surface area contributed by atoms with Crippen LogP contribution in [0.5, 0.6) is 5.75 Å². The Morgan fingerprint density at radius 2 is 1.73 bits per heavy atom. The highest BCUT2D eigenvalue weighted by atomic mass is 32.2. The molecule has 214 valence electrons. The molecule has 1 aromatic heterocycles. The molecule has 11 nitrogen and oxygen atoms in total. The molecule has 0 bridgehead atoms. The molecular formula is C28H36N6O5S. The van der Waals surface area contributed by atoms with Crippen LogP contribution in [0.2, 0.25) is 0 Å². The Labute approximate surface area is 234 Å². The predicted octanol–water partition coefficient (Wildman–Crippen LogP) is 4.18. The molecule has 0 spiro atoms. The number of benzene rings is 2. The number of methoxy groups -OCH3 is 1. The van der Waals surface area contributed by atoms with E-state index >= 15 is 0 Å². The van der Waals surface area contributed by atoms with E-state index in [4.69, 9.17) is 4.74 Å². The minimum atomic E-state index is -3.61. The Balaban J connectivity index is 1.63. The molecule has 0 aliphatic heterocycles. The molecule has 0 atom stereocenters. The van der Waals surface area contributed by atoms with E-state index in [2.05, 4.69) is 25.7 Å². The van der Waals surface area contributed by atoms with Crippen LogP contribution in [0.15, 0.2) is 36.5 Å². The second-order valence-electron chi connectivity index (χ2n) is 11.2. The summed E-state index contributed by atoms with van der Waals surface area (Å²) in [6, 6.07) is 8.75. The van der Waals surface area contributed by atoms with E-state index in [1.54, 1.807) is 36.5 Å². The number of sulfonamides is 1. The monoisotopic (exact) mass is 568 g/mol. The number of carbonyl (C=O) groups is 2. The standard InChI is InChI=1S/C28H36N6O5S/c1-17-11-12-18(13-24(17)34-16-23(31-33-34)27(36)29-20-9-7-8-10-20)26(35)30-21-14-19(28(2,3)4)15-22(25(21)39-5)32-40(6,37)38/h11-16,20,32H,7-10H2,1-6H3,(H,29,36)(H,30,35). The molecule has 3 N–H and O–H groups in total. The molecule has 0 saturated heterocycles. The molecule has 0 unspecified atom stereocenters. The van der Waals surface area contributed by atoms with Crippen LogP contribution in [0.3, 0.4) is 0 Å². The summed E-state index contributed by atoms with van der Waals surface area (Å²) in [5, 5.41) is 14.0.